The molecule has 0 aromatic heterocycles. The summed E-state index contributed by atoms with van der Waals surface area (Å²) in [5.74, 6) is -0.854. The van der Waals surface area contributed by atoms with Crippen molar-refractivity contribution in [3.8, 4) is 0 Å². The average Bonchev–Trinajstić information content (AvgIpc) is 3.28. The molecule has 37 heavy (non-hydrogen) atoms. The number of hydrogen-bond donors (Lipinski definition) is 0. The summed E-state index contributed by atoms with van der Waals surface area (Å²) in [6, 6.07) is 5.96. The van der Waals surface area contributed by atoms with Crippen LogP contribution in [0.25, 0.3) is 0 Å². The van der Waals surface area contributed by atoms with E-state index in [1.165, 1.54) is 18.2 Å². The third kappa shape index (κ3) is 6.12. The third-order valence-electron chi connectivity index (χ3n) is 6.14. The Morgan fingerprint density at radius 2 is 1.84 bits per heavy atom. The largest absolute Gasteiger partial charge is 0.435 e. The summed E-state index contributed by atoms with van der Waals surface area (Å²) < 4.78 is 73.6. The molecule has 3 rings (SSSR count). The van der Waals surface area contributed by atoms with Crippen LogP contribution in [0, 0.1) is 18.7 Å². The minimum Gasteiger partial charge on any atom is -0.374 e. The molecule has 2 unspecified atom stereocenters. The molecule has 5 nitrogen and oxygen atoms in total. The molecular weight excluding hydrogens is 555 g/mol. The van der Waals surface area contributed by atoms with E-state index >= 15 is 0 Å². The van der Waals surface area contributed by atoms with Crippen molar-refractivity contribution in [3.63, 3.8) is 0 Å². The molecular formula is C25H26Cl2F4N2O3S. The van der Waals surface area contributed by atoms with Crippen LogP contribution < -0.4 is 0 Å². The molecule has 12 heteroatoms. The smallest absolute Gasteiger partial charge is 0.374 e. The van der Waals surface area contributed by atoms with Gasteiger partial charge in [-0.1, -0.05) is 55.2 Å². The van der Waals surface area contributed by atoms with E-state index in [1.807, 2.05) is 13.8 Å². The Balaban J connectivity index is 1.93. The molecule has 0 saturated heterocycles. The number of aryl methyl sites for hydroxylation is 1. The topological polar surface area (TPSA) is 68.1 Å². The van der Waals surface area contributed by atoms with Gasteiger partial charge in [0.1, 0.15) is 0 Å². The highest BCUT2D eigenvalue weighted by Gasteiger charge is 2.62. The molecule has 1 aliphatic rings. The Morgan fingerprint density at radius 3 is 2.35 bits per heavy atom. The highest BCUT2D eigenvalue weighted by molar-refractivity contribution is 7.93. The number of carbonyl (C=O) groups is 1. The molecule has 0 N–H and O–H groups in total. The molecule has 1 heterocycles. The third-order valence-corrected chi connectivity index (χ3v) is 8.97. The lowest BCUT2D eigenvalue weighted by atomic mass is 9.86. The van der Waals surface area contributed by atoms with E-state index in [0.29, 0.717) is 23.7 Å². The number of hydrogen-bond acceptors (Lipinski definition) is 4. The van der Waals surface area contributed by atoms with E-state index in [-0.39, 0.29) is 22.6 Å². The SMILES string of the molecule is CCS(=O)(CCC(C)C)=NC(=O)c1ccc(C2=NOC(c3cc(Cl)c(F)c(Cl)c3)(C(F)(F)F)C2)cc1C. The standard InChI is InChI=1S/C25H26Cl2F4N2O3S/c1-5-37(35,9-8-14(2)3)33-23(34)18-7-6-16(10-15(18)4)21-13-24(36-32-21,25(29,30)31)17-11-19(26)22(28)20(27)12-17/h6-7,10-12,14H,5,8-9,13H2,1-4H3. The van der Waals surface area contributed by atoms with Crippen molar-refractivity contribution >= 4 is 44.5 Å². The average molecular weight is 581 g/mol. The number of amides is 1. The van der Waals surface area contributed by atoms with E-state index in [4.69, 9.17) is 28.0 Å². The van der Waals surface area contributed by atoms with Crippen molar-refractivity contribution in [2.45, 2.75) is 52.3 Å². The molecule has 0 aliphatic carbocycles. The summed E-state index contributed by atoms with van der Waals surface area (Å²) in [6.45, 7) is 7.29. The number of alkyl halides is 3. The van der Waals surface area contributed by atoms with Crippen LogP contribution in [0.3, 0.4) is 0 Å². The van der Waals surface area contributed by atoms with Gasteiger partial charge in [0.25, 0.3) is 11.5 Å². The van der Waals surface area contributed by atoms with E-state index in [9.17, 15) is 26.6 Å². The van der Waals surface area contributed by atoms with Crippen LogP contribution in [0.1, 0.15) is 60.7 Å². The zero-order valence-electron chi connectivity index (χ0n) is 20.6. The van der Waals surface area contributed by atoms with E-state index in [0.717, 1.165) is 12.1 Å². The summed E-state index contributed by atoms with van der Waals surface area (Å²) >= 11 is 11.5. The zero-order valence-corrected chi connectivity index (χ0v) is 22.9. The second kappa shape index (κ2) is 10.9. The van der Waals surface area contributed by atoms with Gasteiger partial charge in [0.05, 0.1) is 25.5 Å². The predicted octanol–water partition coefficient (Wildman–Crippen LogP) is 7.70. The molecule has 0 spiro atoms. The van der Waals surface area contributed by atoms with Crippen molar-refractivity contribution < 1.29 is 31.4 Å². The molecule has 0 saturated carbocycles. The number of rotatable bonds is 7. The van der Waals surface area contributed by atoms with Gasteiger partial charge in [-0.15, -0.1) is 0 Å². The molecule has 0 radical (unpaired) electrons. The van der Waals surface area contributed by atoms with Crippen LogP contribution >= 0.6 is 23.2 Å². The van der Waals surface area contributed by atoms with Gasteiger partial charge < -0.3 is 4.84 Å². The van der Waals surface area contributed by atoms with Crippen molar-refractivity contribution in [2.24, 2.45) is 15.4 Å². The second-order valence-electron chi connectivity index (χ2n) is 9.26. The lowest BCUT2D eigenvalue weighted by Gasteiger charge is -2.29. The lowest BCUT2D eigenvalue weighted by molar-refractivity contribution is -0.275. The minimum absolute atomic E-state index is 0.0396. The highest BCUT2D eigenvalue weighted by atomic mass is 35.5. The molecule has 0 bridgehead atoms. The summed E-state index contributed by atoms with van der Waals surface area (Å²) in [4.78, 5) is 17.8. The van der Waals surface area contributed by atoms with Gasteiger partial charge in [-0.05, 0) is 54.7 Å². The van der Waals surface area contributed by atoms with Crippen molar-refractivity contribution in [2.75, 3.05) is 11.5 Å². The number of nitrogens with zero attached hydrogens (tertiary/aromatic N) is 2. The van der Waals surface area contributed by atoms with Gasteiger partial charge in [-0.3, -0.25) is 4.79 Å². The Hall–Kier alpha value is -2.17. The van der Waals surface area contributed by atoms with E-state index in [2.05, 4.69) is 9.52 Å². The lowest BCUT2D eigenvalue weighted by Crippen LogP contribution is -2.42. The first-order valence-corrected chi connectivity index (χ1v) is 14.1. The quantitative estimate of drug-likeness (QED) is 0.249. The number of halogens is 6. The summed E-state index contributed by atoms with van der Waals surface area (Å²) in [7, 11) is -2.73. The van der Waals surface area contributed by atoms with Gasteiger partial charge in [0, 0.05) is 29.1 Å². The fourth-order valence-corrected chi connectivity index (χ4v) is 6.04. The van der Waals surface area contributed by atoms with Crippen LogP contribution in [0.2, 0.25) is 10.0 Å². The maximum Gasteiger partial charge on any atom is 0.435 e. The summed E-state index contributed by atoms with van der Waals surface area (Å²) in [6.07, 6.45) is -5.01. The number of carbonyl (C=O) groups excluding carboxylic acids is 1. The predicted molar refractivity (Wildman–Crippen MR) is 137 cm³/mol. The maximum atomic E-state index is 14.2. The molecule has 2 aromatic rings. The summed E-state index contributed by atoms with van der Waals surface area (Å²) in [5.41, 5.74) is -2.56. The highest BCUT2D eigenvalue weighted by Crippen LogP contribution is 2.50. The normalized spacial score (nSPS) is 19.4. The Morgan fingerprint density at radius 1 is 1.22 bits per heavy atom. The Kier molecular flexibility index (Phi) is 8.66. The maximum absolute atomic E-state index is 14.2. The molecule has 1 aliphatic heterocycles. The van der Waals surface area contributed by atoms with E-state index < -0.39 is 55.3 Å². The Bertz CT molecular complexity index is 1350. The van der Waals surface area contributed by atoms with Gasteiger partial charge in [0.15, 0.2) is 5.82 Å². The van der Waals surface area contributed by atoms with Gasteiger partial charge in [0.2, 0.25) is 0 Å². The molecule has 2 aromatic carbocycles. The first-order valence-electron chi connectivity index (χ1n) is 11.5. The van der Waals surface area contributed by atoms with Crippen LogP contribution in [0.15, 0.2) is 39.9 Å². The van der Waals surface area contributed by atoms with Crippen molar-refractivity contribution in [1.29, 1.82) is 0 Å². The van der Waals surface area contributed by atoms with Gasteiger partial charge in [-0.2, -0.15) is 17.5 Å². The first kappa shape index (κ1) is 29.4. The molecule has 0 fully saturated rings. The van der Waals surface area contributed by atoms with Gasteiger partial charge >= 0.3 is 6.18 Å². The van der Waals surface area contributed by atoms with Crippen LogP contribution in [0.4, 0.5) is 17.6 Å². The van der Waals surface area contributed by atoms with Crippen LogP contribution in [-0.2, 0) is 20.2 Å². The Labute approximate surface area is 223 Å². The van der Waals surface area contributed by atoms with Crippen LogP contribution in [-0.4, -0.2) is 33.5 Å². The molecule has 202 valence electrons. The van der Waals surface area contributed by atoms with Crippen molar-refractivity contribution in [3.05, 3.63) is 68.4 Å². The fraction of sp³-hybridized carbons (Fsp3) is 0.440. The van der Waals surface area contributed by atoms with Crippen LogP contribution in [0.5, 0.6) is 0 Å². The number of benzene rings is 2. The second-order valence-corrected chi connectivity index (χ2v) is 12.8. The first-order chi connectivity index (χ1) is 17.1. The van der Waals surface area contributed by atoms with Crippen molar-refractivity contribution in [1.82, 2.24) is 0 Å². The van der Waals surface area contributed by atoms with E-state index in [1.54, 1.807) is 13.8 Å². The molecule has 1 amide bonds. The summed E-state index contributed by atoms with van der Waals surface area (Å²) in [5, 5.41) is 2.51. The minimum atomic E-state index is -4.94. The van der Waals surface area contributed by atoms with Gasteiger partial charge in [-0.25, -0.2) is 8.60 Å². The number of oxime groups is 1. The fourth-order valence-electron chi connectivity index (χ4n) is 3.81. The zero-order chi connectivity index (χ0) is 27.8. The molecule has 2 atom stereocenters. The monoisotopic (exact) mass is 580 g/mol.